The monoisotopic (exact) mass is 439 g/mol. The number of aromatic nitrogens is 2. The second-order valence-corrected chi connectivity index (χ2v) is 7.48. The van der Waals surface area contributed by atoms with E-state index in [9.17, 15) is 9.18 Å². The number of pyridine rings is 1. The maximum Gasteiger partial charge on any atom is 0.258 e. The normalized spacial score (nSPS) is 13.3. The Morgan fingerprint density at radius 1 is 1.03 bits per heavy atom. The van der Waals surface area contributed by atoms with Gasteiger partial charge in [-0.2, -0.15) is 0 Å². The van der Waals surface area contributed by atoms with Crippen LogP contribution in [0.3, 0.4) is 0 Å². The number of hydrogen-bond donors (Lipinski definition) is 1. The Labute approximate surface area is 185 Å². The molecule has 0 spiro atoms. The van der Waals surface area contributed by atoms with Crippen LogP contribution in [0, 0.1) is 5.82 Å². The Bertz CT molecular complexity index is 1280. The van der Waals surface area contributed by atoms with Crippen molar-refractivity contribution in [2.24, 2.45) is 0 Å². The van der Waals surface area contributed by atoms with E-state index in [0.717, 1.165) is 37.1 Å². The summed E-state index contributed by atoms with van der Waals surface area (Å²) in [5.41, 5.74) is 3.58. The van der Waals surface area contributed by atoms with Gasteiger partial charge in [0.15, 0.2) is 0 Å². The van der Waals surface area contributed by atoms with Gasteiger partial charge in [-0.05, 0) is 36.4 Å². The van der Waals surface area contributed by atoms with Crippen LogP contribution in [0.1, 0.15) is 11.3 Å². The molecular formula is C24H23ClFN3O2. The van der Waals surface area contributed by atoms with Gasteiger partial charge in [0.2, 0.25) is 0 Å². The number of fused-ring (bicyclic) bond motifs is 3. The fourth-order valence-corrected chi connectivity index (χ4v) is 4.01. The molecule has 0 unspecified atom stereocenters. The lowest BCUT2D eigenvalue weighted by atomic mass is 10.2. The Kier molecular flexibility index (Phi) is 6.11. The molecule has 0 atom stereocenters. The number of nitrogens with one attached hydrogen (secondary N) is 1. The van der Waals surface area contributed by atoms with Crippen LogP contribution in [0.15, 0.2) is 71.7 Å². The van der Waals surface area contributed by atoms with Crippen LogP contribution in [-0.2, 0) is 19.6 Å². The van der Waals surface area contributed by atoms with Crippen molar-refractivity contribution < 1.29 is 9.13 Å². The summed E-state index contributed by atoms with van der Waals surface area (Å²) in [6.07, 6.45) is 2.70. The van der Waals surface area contributed by atoms with E-state index in [2.05, 4.69) is 22.0 Å². The van der Waals surface area contributed by atoms with Crippen molar-refractivity contribution in [3.8, 4) is 11.4 Å². The lowest BCUT2D eigenvalue weighted by Crippen LogP contribution is -2.17. The second kappa shape index (κ2) is 8.96. The van der Waals surface area contributed by atoms with Crippen LogP contribution >= 0.6 is 12.4 Å². The molecule has 2 aromatic carbocycles. The van der Waals surface area contributed by atoms with Gasteiger partial charge < -0.3 is 14.6 Å². The van der Waals surface area contributed by atoms with Crippen molar-refractivity contribution in [2.75, 3.05) is 13.1 Å². The molecule has 0 aliphatic carbocycles. The molecule has 0 saturated heterocycles. The van der Waals surface area contributed by atoms with Crippen LogP contribution in [0.4, 0.5) is 4.39 Å². The van der Waals surface area contributed by atoms with Crippen molar-refractivity contribution >= 4 is 23.3 Å². The van der Waals surface area contributed by atoms with Gasteiger partial charge in [-0.25, -0.2) is 4.39 Å². The lowest BCUT2D eigenvalue weighted by Gasteiger charge is -2.10. The quantitative estimate of drug-likeness (QED) is 0.521. The zero-order chi connectivity index (χ0) is 20.5. The molecule has 2 aromatic heterocycles. The number of benzene rings is 2. The lowest BCUT2D eigenvalue weighted by molar-refractivity contribution is 0.299. The summed E-state index contributed by atoms with van der Waals surface area (Å²) in [6.45, 7) is 2.97. The highest BCUT2D eigenvalue weighted by atomic mass is 35.5. The smallest absolute Gasteiger partial charge is 0.258 e. The maximum absolute atomic E-state index is 13.7. The zero-order valence-electron chi connectivity index (χ0n) is 16.9. The summed E-state index contributed by atoms with van der Waals surface area (Å²) >= 11 is 0. The number of hydrogen-bond acceptors (Lipinski definition) is 3. The van der Waals surface area contributed by atoms with E-state index < -0.39 is 0 Å². The minimum atomic E-state index is -0.319. The van der Waals surface area contributed by atoms with Gasteiger partial charge in [0.1, 0.15) is 18.2 Å². The SMILES string of the molecule is Cl.O=c1cc(OCc2ccccc2F)ccn1-c1ccc2c(c1)cc1n2CCNCC1. The predicted molar refractivity (Wildman–Crippen MR) is 122 cm³/mol. The molecule has 1 N–H and O–H groups in total. The molecule has 0 saturated carbocycles. The zero-order valence-corrected chi connectivity index (χ0v) is 17.7. The Balaban J connectivity index is 0.00000231. The van der Waals surface area contributed by atoms with Crippen molar-refractivity contribution in [1.82, 2.24) is 14.5 Å². The first-order chi connectivity index (χ1) is 14.7. The van der Waals surface area contributed by atoms with E-state index in [1.807, 2.05) is 12.1 Å². The van der Waals surface area contributed by atoms with Gasteiger partial charge in [-0.3, -0.25) is 9.36 Å². The van der Waals surface area contributed by atoms with Crippen molar-refractivity contribution in [3.05, 3.63) is 94.3 Å². The molecule has 5 rings (SSSR count). The van der Waals surface area contributed by atoms with Gasteiger partial charge in [-0.15, -0.1) is 12.4 Å². The third-order valence-electron chi connectivity index (χ3n) is 5.56. The molecule has 31 heavy (non-hydrogen) atoms. The molecule has 4 aromatic rings. The summed E-state index contributed by atoms with van der Waals surface area (Å²) < 4.78 is 23.3. The van der Waals surface area contributed by atoms with Crippen molar-refractivity contribution in [3.63, 3.8) is 0 Å². The highest BCUT2D eigenvalue weighted by Crippen LogP contribution is 2.24. The summed E-state index contributed by atoms with van der Waals surface area (Å²) in [4.78, 5) is 12.7. The second-order valence-electron chi connectivity index (χ2n) is 7.48. The third-order valence-corrected chi connectivity index (χ3v) is 5.56. The van der Waals surface area contributed by atoms with Crippen LogP contribution in [0.25, 0.3) is 16.6 Å². The first-order valence-corrected chi connectivity index (χ1v) is 10.1. The Hall–Kier alpha value is -3.09. The number of ether oxygens (including phenoxy) is 1. The van der Waals surface area contributed by atoms with Gasteiger partial charge >= 0.3 is 0 Å². The van der Waals surface area contributed by atoms with E-state index in [1.165, 1.54) is 23.3 Å². The highest BCUT2D eigenvalue weighted by Gasteiger charge is 2.12. The largest absolute Gasteiger partial charge is 0.489 e. The first kappa shape index (κ1) is 21.2. The van der Waals surface area contributed by atoms with Gasteiger partial charge in [-0.1, -0.05) is 18.2 Å². The van der Waals surface area contributed by atoms with E-state index in [4.69, 9.17) is 4.74 Å². The first-order valence-electron chi connectivity index (χ1n) is 10.1. The molecule has 1 aliphatic rings. The average Bonchev–Trinajstić information content (AvgIpc) is 2.93. The fraction of sp³-hybridized carbons (Fsp3) is 0.208. The molecule has 7 heteroatoms. The van der Waals surface area contributed by atoms with E-state index >= 15 is 0 Å². The summed E-state index contributed by atoms with van der Waals surface area (Å²) in [5.74, 6) is 0.101. The van der Waals surface area contributed by atoms with E-state index in [0.29, 0.717) is 11.3 Å². The van der Waals surface area contributed by atoms with E-state index in [-0.39, 0.29) is 30.4 Å². The maximum atomic E-state index is 13.7. The molecule has 3 heterocycles. The van der Waals surface area contributed by atoms with Crippen molar-refractivity contribution in [1.29, 1.82) is 0 Å². The molecular weight excluding hydrogens is 417 g/mol. The molecule has 0 bridgehead atoms. The summed E-state index contributed by atoms with van der Waals surface area (Å²) in [6, 6.07) is 17.9. The number of nitrogens with zero attached hydrogens (tertiary/aromatic N) is 2. The molecule has 0 amide bonds. The van der Waals surface area contributed by atoms with E-state index in [1.54, 1.807) is 35.0 Å². The fourth-order valence-electron chi connectivity index (χ4n) is 4.01. The minimum absolute atomic E-state index is 0. The number of rotatable bonds is 4. The van der Waals surface area contributed by atoms with Crippen LogP contribution < -0.4 is 15.6 Å². The molecule has 0 fully saturated rings. The van der Waals surface area contributed by atoms with Crippen LogP contribution in [-0.4, -0.2) is 22.2 Å². The summed E-state index contributed by atoms with van der Waals surface area (Å²) in [5, 5.41) is 4.56. The Morgan fingerprint density at radius 3 is 2.74 bits per heavy atom. The van der Waals surface area contributed by atoms with Crippen molar-refractivity contribution in [2.45, 2.75) is 19.6 Å². The third kappa shape index (κ3) is 4.22. The Morgan fingerprint density at radius 2 is 1.90 bits per heavy atom. The molecule has 1 aliphatic heterocycles. The number of halogens is 2. The van der Waals surface area contributed by atoms with Crippen LogP contribution in [0.5, 0.6) is 5.75 Å². The summed E-state index contributed by atoms with van der Waals surface area (Å²) in [7, 11) is 0. The molecule has 0 radical (unpaired) electrons. The topological polar surface area (TPSA) is 48.2 Å². The standard InChI is InChI=1S/C24H22FN3O2.ClH/c25-22-4-2-1-3-17(22)16-30-21-8-11-28(24(29)15-21)19-5-6-23-18(13-19)14-20-7-9-26-10-12-27(20)23;/h1-6,8,11,13-15,26H,7,9-10,12,16H2;1H. The van der Waals surface area contributed by atoms with Gasteiger partial charge in [0.25, 0.3) is 5.56 Å². The van der Waals surface area contributed by atoms with Gasteiger partial charge in [0.05, 0.1) is 0 Å². The van der Waals surface area contributed by atoms with Crippen LogP contribution in [0.2, 0.25) is 0 Å². The minimum Gasteiger partial charge on any atom is -0.489 e. The molecule has 160 valence electrons. The highest BCUT2D eigenvalue weighted by molar-refractivity contribution is 5.85. The molecule has 5 nitrogen and oxygen atoms in total. The predicted octanol–water partition coefficient (Wildman–Crippen LogP) is 4.08. The van der Waals surface area contributed by atoms with Gasteiger partial charge in [0, 0.05) is 66.2 Å². The average molecular weight is 440 g/mol.